The van der Waals surface area contributed by atoms with Crippen LogP contribution in [0, 0.1) is 21.4 Å². The van der Waals surface area contributed by atoms with Crippen LogP contribution in [0.3, 0.4) is 0 Å². The minimum Gasteiger partial charge on any atom is -0.498 e. The summed E-state index contributed by atoms with van der Waals surface area (Å²) in [5.41, 5.74) is -18.4. The fraction of sp³-hybridized carbons (Fsp3) is 0.549. The average molecular weight is 2290 g/mol. The molecule has 5 aromatic carbocycles. The molecule has 0 aliphatic heterocycles. The number of hydrogen-bond donors (Lipinski definition) is 0. The van der Waals surface area contributed by atoms with Gasteiger partial charge in [0, 0.05) is 26.1 Å². The normalized spacial score (nSPS) is 18.2. The number of ether oxygens (including phenoxy) is 12. The van der Waals surface area contributed by atoms with Crippen molar-refractivity contribution in [2.24, 2.45) is 4.99 Å². The summed E-state index contributed by atoms with van der Waals surface area (Å²) in [7, 11) is 0. The third kappa shape index (κ3) is 27.5. The number of hydrogen-bond acceptors (Lipinski definition) is 17. The Labute approximate surface area is 779 Å². The van der Waals surface area contributed by atoms with E-state index in [-0.39, 0.29) is 22.3 Å². The second-order valence-corrected chi connectivity index (χ2v) is 28.5. The van der Waals surface area contributed by atoms with Gasteiger partial charge in [-0.25, -0.2) is 13.6 Å². The first-order chi connectivity index (χ1) is 65.3. The first-order valence-electron chi connectivity index (χ1n) is 36.2. The Kier molecular flexibility index (Phi) is 39.1. The van der Waals surface area contributed by atoms with Gasteiger partial charge in [0.15, 0.2) is 5.60 Å². The molecule has 0 amide bonds. The highest BCUT2D eigenvalue weighted by molar-refractivity contribution is 6.30. The quantitative estimate of drug-likeness (QED) is 0.00887. The third-order valence-electron chi connectivity index (χ3n) is 17.7. The topological polar surface area (TPSA) is 211 Å². The first-order valence-corrected chi connectivity index (χ1v) is 36.6. The number of aliphatic imine (C=N–C) groups is 1. The van der Waals surface area contributed by atoms with E-state index in [1.54, 1.807) is 24.3 Å². The second kappa shape index (κ2) is 43.8. The van der Waals surface area contributed by atoms with Crippen LogP contribution in [0.15, 0.2) is 151 Å². The number of nitrogens with zero attached hydrogens (tertiary/aromatic N) is 3. The highest BCUT2D eigenvalue weighted by Crippen LogP contribution is 2.65. The molecule has 0 fully saturated rings. The first kappa shape index (κ1) is 131. The molecule has 0 saturated carbocycles. The molecule has 838 valence electrons. The molecule has 0 spiro atoms. The van der Waals surface area contributed by atoms with Crippen LogP contribution < -0.4 is 0 Å². The molecule has 0 aliphatic carbocycles. The second-order valence-electron chi connectivity index (χ2n) is 28.1. The van der Waals surface area contributed by atoms with Gasteiger partial charge >= 0.3 is 164 Å². The summed E-state index contributed by atoms with van der Waals surface area (Å²) in [5, 5.41) is 25.9. The van der Waals surface area contributed by atoms with Crippen molar-refractivity contribution >= 4 is 23.4 Å². The zero-order chi connectivity index (χ0) is 115. The molecule has 0 heterocycles. The van der Waals surface area contributed by atoms with E-state index in [0.717, 1.165) is 33.7 Å². The zero-order valence-electron chi connectivity index (χ0n) is 69.2. The standard InChI is InChI=1S/C32H21F28NO8.C32H19F28NO7.C7H4ClNO/c1-18(33,24(38,39)40)29(53,54)67-22(36,27(47,48)49)31(57,58)69-23(37,28(50,51)52)32(59,60)68-21(35,26(44,45)46)30(55,56)66-20(34,25(41,42)43)15-64-12-13-65-19(14-61(62)63,16-8-4-2-5-9-16)17-10-6-3-7-11-17;1-18(33,24(38,39)40)29(53,54)66-22(36,27(47,48)49)31(57,58)68-23(37,28(50,51)52)32(59,60)67-21(35,26(44,45)46)30(55,56)65-20(34,25(41,42)43)15-63-12-13-64-19(14-61-62,16-8-4-2-5-9-16)17-10-6-3-7-11-17;8-6-1-3-7(4-2-6)9-5-10/h2-11H,12-15H2,1H3;2-11H,12-13,15H2,1H3;1-4H. The van der Waals surface area contributed by atoms with Crippen molar-refractivity contribution in [2.75, 3.05) is 46.2 Å². The Balaban J connectivity index is 0.000000687. The number of halogens is 57. The van der Waals surface area contributed by atoms with Gasteiger partial charge in [-0.05, 0) is 49.2 Å². The molecule has 0 aliphatic rings. The van der Waals surface area contributed by atoms with Gasteiger partial charge in [0.2, 0.25) is 12.6 Å². The van der Waals surface area contributed by atoms with Gasteiger partial charge in [-0.15, -0.1) is 0 Å². The largest absolute Gasteiger partial charge is 0.498 e. The Morgan fingerprint density at radius 2 is 0.524 bits per heavy atom. The van der Waals surface area contributed by atoms with Gasteiger partial charge < -0.3 is 24.2 Å². The molecular weight excluding hydrogens is 2250 g/mol. The van der Waals surface area contributed by atoms with E-state index in [4.69, 9.17) is 21.1 Å². The van der Waals surface area contributed by atoms with Gasteiger partial charge in [0.1, 0.15) is 13.2 Å². The number of benzene rings is 5. The van der Waals surface area contributed by atoms with E-state index in [1.807, 2.05) is 15.5 Å². The van der Waals surface area contributed by atoms with Crippen molar-refractivity contribution in [3.8, 4) is 6.07 Å². The number of alkyl halides is 56. The lowest BCUT2D eigenvalue weighted by Gasteiger charge is -2.44. The minimum absolute atomic E-state index is 0.103. The Morgan fingerprint density at radius 1 is 0.299 bits per heavy atom. The summed E-state index contributed by atoms with van der Waals surface area (Å²) in [6.45, 7) is -17.6. The molecule has 0 radical (unpaired) electrons. The molecular formula is C71H44ClF56N3O16. The van der Waals surface area contributed by atoms with E-state index in [1.165, 1.54) is 122 Å². The monoisotopic (exact) mass is 2290 g/mol. The number of nitro groups is 1. The molecule has 76 heteroatoms. The van der Waals surface area contributed by atoms with Crippen LogP contribution in [0.5, 0.6) is 0 Å². The van der Waals surface area contributed by atoms with Crippen molar-refractivity contribution in [3.05, 3.63) is 193 Å². The van der Waals surface area contributed by atoms with E-state index < -0.39 is 245 Å². The van der Waals surface area contributed by atoms with Crippen LogP contribution >= 0.6 is 11.6 Å². The summed E-state index contributed by atoms with van der Waals surface area (Å²) < 4.78 is 809. The van der Waals surface area contributed by atoms with E-state index in [9.17, 15) is 248 Å². The molecule has 10 unspecified atom stereocenters. The summed E-state index contributed by atoms with van der Waals surface area (Å²) >= 11 is 5.57. The summed E-state index contributed by atoms with van der Waals surface area (Å²) in [6, 6.07) is 33.3. The van der Waals surface area contributed by atoms with Gasteiger partial charge in [-0.3, -0.25) is 48.0 Å². The maximum atomic E-state index is 15.1. The summed E-state index contributed by atoms with van der Waals surface area (Å²) in [5.74, 6) is -67.3. The summed E-state index contributed by atoms with van der Waals surface area (Å²) in [6.07, 6.45) is -149. The highest BCUT2D eigenvalue weighted by atomic mass is 35.5. The number of rotatable bonds is 43. The minimum atomic E-state index is -9.17. The van der Waals surface area contributed by atoms with E-state index in [0.29, 0.717) is 10.7 Å². The van der Waals surface area contributed by atoms with Crippen LogP contribution in [0.4, 0.5) is 252 Å². The van der Waals surface area contributed by atoms with Crippen LogP contribution in [0.25, 0.3) is 5.01 Å². The Bertz CT molecular complexity index is 5140. The van der Waals surface area contributed by atoms with Crippen molar-refractivity contribution in [3.63, 3.8) is 0 Å². The predicted molar refractivity (Wildman–Crippen MR) is 361 cm³/mol. The van der Waals surface area contributed by atoms with E-state index >= 15 is 17.6 Å². The highest BCUT2D eigenvalue weighted by Gasteiger charge is 2.93. The van der Waals surface area contributed by atoms with Gasteiger partial charge in [-0.2, -0.15) is 242 Å². The average Bonchev–Trinajstić information content (AvgIpc) is 0.710. The van der Waals surface area contributed by atoms with Crippen LogP contribution in [0.2, 0.25) is 5.02 Å². The molecule has 19 nitrogen and oxygen atoms in total. The molecule has 0 bridgehead atoms. The zero-order valence-corrected chi connectivity index (χ0v) is 70.0. The lowest BCUT2D eigenvalue weighted by Crippen LogP contribution is -2.72. The van der Waals surface area contributed by atoms with Crippen molar-refractivity contribution < 1.29 is 312 Å². The van der Waals surface area contributed by atoms with Gasteiger partial charge in [0.05, 0.1) is 32.1 Å². The Morgan fingerprint density at radius 3 is 0.735 bits per heavy atom. The molecule has 5 aromatic rings. The maximum absolute atomic E-state index is 15.1. The number of isocyanates is 1. The van der Waals surface area contributed by atoms with Crippen LogP contribution in [-0.2, 0) is 72.8 Å². The Hall–Kier alpha value is -9.94. The van der Waals surface area contributed by atoms with Crippen LogP contribution in [-0.4, -0.2) is 226 Å². The molecule has 5 rings (SSSR count). The van der Waals surface area contributed by atoms with Crippen molar-refractivity contribution in [2.45, 2.75) is 194 Å². The summed E-state index contributed by atoms with van der Waals surface area (Å²) in [4.78, 5) is 23.7. The van der Waals surface area contributed by atoms with E-state index in [2.05, 4.69) is 19.5 Å². The fourth-order valence-corrected chi connectivity index (χ4v) is 10.1. The molecule has 10 atom stereocenters. The predicted octanol–water partition coefficient (Wildman–Crippen LogP) is 26.6. The molecule has 0 N–H and O–H groups in total. The maximum Gasteiger partial charge on any atom is 0.458 e. The van der Waals surface area contributed by atoms with Gasteiger partial charge in [-0.1, -0.05) is 133 Å². The third-order valence-corrected chi connectivity index (χ3v) is 18.0. The SMILES string of the molecule is CC(F)(C(F)(F)F)C(F)(F)OC(F)(C(F)(F)F)C(F)(F)OC(F)(C(F)(F)F)C(F)(F)OC(F)(C(F)(F)F)C(F)(F)OC(F)(COCCOC(C#[N+][O-])(c1ccccc1)c1ccccc1)C(F)(F)F.CC(F)(C(F)(F)F)C(F)(F)OC(F)(C(F)(F)F)C(F)(F)OC(F)(C(F)(F)F)C(F)(F)OC(F)(C(F)(F)F)C(F)(F)OC(F)(COCCOC(C[N+](=O)[O-])(c1ccccc1)c1ccccc1)C(F)(F)F.O=C=Nc1ccc(Cl)cc1. The molecule has 0 aromatic heterocycles. The lowest BCUT2D eigenvalue weighted by molar-refractivity contribution is -0.591. The molecule has 0 saturated heterocycles. The van der Waals surface area contributed by atoms with Crippen molar-refractivity contribution in [1.82, 2.24) is 0 Å². The van der Waals surface area contributed by atoms with Crippen molar-refractivity contribution in [1.29, 1.82) is 0 Å². The smallest absolute Gasteiger partial charge is 0.458 e. The number of carbonyl (C=O) groups excluding carboxylic acids is 1. The fourth-order valence-electron chi connectivity index (χ4n) is 9.98. The molecule has 147 heavy (non-hydrogen) atoms. The van der Waals surface area contributed by atoms with Crippen LogP contribution in [0.1, 0.15) is 36.1 Å². The lowest BCUT2D eigenvalue weighted by atomic mass is 9.86. The van der Waals surface area contributed by atoms with Gasteiger partial charge in [0.25, 0.3) is 16.9 Å².